The number of ether oxygens (including phenoxy) is 1. The molecule has 1 atom stereocenters. The van der Waals surface area contributed by atoms with Gasteiger partial charge >= 0.3 is 26.2 Å². The molecule has 0 amide bonds. The van der Waals surface area contributed by atoms with Gasteiger partial charge in [-0.3, -0.25) is 0 Å². The van der Waals surface area contributed by atoms with E-state index in [1.165, 1.54) is 12.8 Å². The highest BCUT2D eigenvalue weighted by molar-refractivity contribution is 9.26. The SMILES string of the molecule is CCO[Si](CCCSSSSCCC[Si](OCC)(OCC)OCC)(OCC)OCC.COC1(CCCN)CCCC[Si]1(OC)OC. The summed E-state index contributed by atoms with van der Waals surface area (Å²) in [5.41, 5.74) is 5.61. The van der Waals surface area contributed by atoms with Crippen LogP contribution in [0.5, 0.6) is 0 Å². The molecule has 2 N–H and O–H groups in total. The largest absolute Gasteiger partial charge is 0.500 e. The number of rotatable bonds is 29. The first-order valence-electron chi connectivity index (χ1n) is 17.0. The first-order valence-corrected chi connectivity index (χ1v) is 28.1. The number of hydrogen-bond donors (Lipinski definition) is 1. The van der Waals surface area contributed by atoms with E-state index in [1.54, 1.807) is 21.3 Å². The standard InChI is InChI=1S/C18H42O6S4Si2.C11H25NO3Si/c1-7-19-29(20-8-2,21-9-3)17-13-15-25-27-28-26-16-14-18-30(22-10-4,23-11-5)24-12-6;1-13-11(8-6-9-12)7-4-5-10-16(11,14-2)15-3/h7-18H2,1-6H3;4-10,12H2,1-3H3. The molecule has 0 aliphatic carbocycles. The van der Waals surface area contributed by atoms with E-state index in [-0.39, 0.29) is 5.22 Å². The van der Waals surface area contributed by atoms with Crippen LogP contribution >= 0.6 is 41.2 Å². The average molecular weight is 786 g/mol. The van der Waals surface area contributed by atoms with Crippen LogP contribution < -0.4 is 5.73 Å². The summed E-state index contributed by atoms with van der Waals surface area (Å²) in [5.74, 6) is 2.13. The molecule has 278 valence electrons. The van der Waals surface area contributed by atoms with E-state index in [0.717, 1.165) is 61.7 Å². The van der Waals surface area contributed by atoms with Gasteiger partial charge in [-0.1, -0.05) is 34.4 Å². The maximum Gasteiger partial charge on any atom is 0.500 e. The molecular weight excluding hydrogens is 719 g/mol. The van der Waals surface area contributed by atoms with Crippen molar-refractivity contribution in [3.05, 3.63) is 0 Å². The molecule has 0 bridgehead atoms. The molecular formula is C29H67NO9S4Si3. The first kappa shape index (κ1) is 47.7. The fourth-order valence-corrected chi connectivity index (χ4v) is 21.5. The van der Waals surface area contributed by atoms with E-state index < -0.39 is 26.2 Å². The number of hydrogen-bond acceptors (Lipinski definition) is 14. The Bertz CT molecular complexity index is 644. The second-order valence-corrected chi connectivity index (χ2v) is 25.8. The summed E-state index contributed by atoms with van der Waals surface area (Å²) < 4.78 is 52.8. The normalized spacial score (nSPS) is 18.4. The molecule has 1 heterocycles. The van der Waals surface area contributed by atoms with E-state index >= 15 is 0 Å². The van der Waals surface area contributed by atoms with Crippen LogP contribution in [-0.2, 0) is 40.1 Å². The molecule has 0 radical (unpaired) electrons. The molecule has 0 aromatic heterocycles. The lowest BCUT2D eigenvalue weighted by Gasteiger charge is -2.48. The zero-order chi connectivity index (χ0) is 34.6. The molecule has 1 rings (SSSR count). The molecule has 0 spiro atoms. The maximum absolute atomic E-state index is 5.90. The quantitative estimate of drug-likeness (QED) is 0.0448. The summed E-state index contributed by atoms with van der Waals surface area (Å²) in [6.45, 7) is 16.5. The Morgan fingerprint density at radius 3 is 1.37 bits per heavy atom. The third kappa shape index (κ3) is 17.2. The predicted molar refractivity (Wildman–Crippen MR) is 207 cm³/mol. The Balaban J connectivity index is 0.00000106. The minimum absolute atomic E-state index is 0.200. The predicted octanol–water partition coefficient (Wildman–Crippen LogP) is 8.11. The average Bonchev–Trinajstić information content (AvgIpc) is 3.06. The van der Waals surface area contributed by atoms with Crippen LogP contribution in [0.15, 0.2) is 0 Å². The van der Waals surface area contributed by atoms with Crippen molar-refractivity contribution in [1.29, 1.82) is 0 Å². The lowest BCUT2D eigenvalue weighted by atomic mass is 10.1. The van der Waals surface area contributed by atoms with Crippen molar-refractivity contribution < 1.29 is 40.1 Å². The molecule has 1 aliphatic heterocycles. The Morgan fingerprint density at radius 1 is 0.630 bits per heavy atom. The summed E-state index contributed by atoms with van der Waals surface area (Å²) in [7, 11) is 5.55. The molecule has 0 saturated carbocycles. The molecule has 1 fully saturated rings. The summed E-state index contributed by atoms with van der Waals surface area (Å²) in [4.78, 5) is 0. The van der Waals surface area contributed by atoms with Gasteiger partial charge in [0.05, 0.1) is 0 Å². The lowest BCUT2D eigenvalue weighted by Crippen LogP contribution is -2.64. The highest BCUT2D eigenvalue weighted by Gasteiger charge is 2.58. The molecule has 46 heavy (non-hydrogen) atoms. The van der Waals surface area contributed by atoms with E-state index in [4.69, 9.17) is 45.9 Å². The van der Waals surface area contributed by atoms with Gasteiger partial charge in [-0.25, -0.2) is 0 Å². The molecule has 1 unspecified atom stereocenters. The van der Waals surface area contributed by atoms with Crippen LogP contribution in [0, 0.1) is 0 Å². The van der Waals surface area contributed by atoms with Gasteiger partial charge in [-0.15, -0.1) is 0 Å². The van der Waals surface area contributed by atoms with Gasteiger partial charge in [0.2, 0.25) is 0 Å². The van der Waals surface area contributed by atoms with Gasteiger partial charge in [-0.2, -0.15) is 0 Å². The van der Waals surface area contributed by atoms with Crippen molar-refractivity contribution in [3.63, 3.8) is 0 Å². The van der Waals surface area contributed by atoms with E-state index in [0.29, 0.717) is 46.2 Å². The van der Waals surface area contributed by atoms with Gasteiger partial charge < -0.3 is 45.9 Å². The zero-order valence-corrected chi connectivity index (χ0v) is 36.6. The van der Waals surface area contributed by atoms with Crippen LogP contribution in [0.2, 0.25) is 18.1 Å². The van der Waals surface area contributed by atoms with Crippen molar-refractivity contribution in [2.75, 3.05) is 79.0 Å². The van der Waals surface area contributed by atoms with Crippen molar-refractivity contribution in [2.45, 2.75) is 110 Å². The van der Waals surface area contributed by atoms with Crippen LogP contribution in [0.1, 0.15) is 86.5 Å². The third-order valence-electron chi connectivity index (χ3n) is 7.60. The molecule has 0 aromatic rings. The van der Waals surface area contributed by atoms with Crippen LogP contribution in [0.4, 0.5) is 0 Å². The van der Waals surface area contributed by atoms with Crippen LogP contribution in [0.3, 0.4) is 0 Å². The molecule has 17 heteroatoms. The summed E-state index contributed by atoms with van der Waals surface area (Å²) in [6.07, 6.45) is 7.42. The smallest absolute Gasteiger partial charge is 0.396 e. The summed E-state index contributed by atoms with van der Waals surface area (Å²) in [5, 5.41) is -0.200. The topological polar surface area (TPSA) is 109 Å². The lowest BCUT2D eigenvalue weighted by molar-refractivity contribution is -0.0153. The number of methoxy groups -OCH3 is 1. The molecule has 1 saturated heterocycles. The van der Waals surface area contributed by atoms with E-state index in [2.05, 4.69) is 0 Å². The van der Waals surface area contributed by atoms with Crippen LogP contribution in [-0.4, -0.2) is 110 Å². The molecule has 0 aromatic carbocycles. The Morgan fingerprint density at radius 2 is 1.04 bits per heavy atom. The third-order valence-corrected chi connectivity index (χ3v) is 25.0. The Labute approximate surface area is 300 Å². The van der Waals surface area contributed by atoms with Crippen LogP contribution in [0.25, 0.3) is 0 Å². The fraction of sp³-hybridized carbons (Fsp3) is 1.00. The maximum atomic E-state index is 5.90. The molecule has 1 aliphatic rings. The van der Waals surface area contributed by atoms with Crippen molar-refractivity contribution >= 4 is 67.4 Å². The van der Waals surface area contributed by atoms with Crippen molar-refractivity contribution in [1.82, 2.24) is 0 Å². The molecule has 10 nitrogen and oxygen atoms in total. The fourth-order valence-electron chi connectivity index (χ4n) is 5.71. The van der Waals surface area contributed by atoms with E-state index in [9.17, 15) is 0 Å². The Kier molecular flexibility index (Phi) is 30.3. The van der Waals surface area contributed by atoms with Gasteiger partial charge in [-0.05, 0) is 106 Å². The minimum Gasteiger partial charge on any atom is -0.396 e. The van der Waals surface area contributed by atoms with Gasteiger partial charge in [0.15, 0.2) is 0 Å². The van der Waals surface area contributed by atoms with E-state index in [1.807, 2.05) is 82.8 Å². The zero-order valence-electron chi connectivity index (χ0n) is 30.3. The highest BCUT2D eigenvalue weighted by Crippen LogP contribution is 2.44. The second kappa shape index (κ2) is 29.3. The van der Waals surface area contributed by atoms with Crippen molar-refractivity contribution in [2.24, 2.45) is 5.73 Å². The summed E-state index contributed by atoms with van der Waals surface area (Å²) >= 11 is 0. The monoisotopic (exact) mass is 785 g/mol. The highest BCUT2D eigenvalue weighted by atomic mass is 33.7. The van der Waals surface area contributed by atoms with Gasteiger partial charge in [0.1, 0.15) is 5.22 Å². The second-order valence-electron chi connectivity index (χ2n) is 10.4. The van der Waals surface area contributed by atoms with Crippen molar-refractivity contribution in [3.8, 4) is 0 Å². The van der Waals surface area contributed by atoms with Gasteiger partial charge in [0.25, 0.3) is 0 Å². The van der Waals surface area contributed by atoms with Gasteiger partial charge in [0, 0.05) is 84.6 Å². The summed E-state index contributed by atoms with van der Waals surface area (Å²) in [6, 6.07) is 2.79. The Hall–Kier alpha value is 1.65. The minimum atomic E-state index is -2.49. The first-order chi connectivity index (χ1) is 22.3. The number of nitrogens with two attached hydrogens (primary N) is 1.